The summed E-state index contributed by atoms with van der Waals surface area (Å²) in [5, 5.41) is 12.7. The molecule has 132 valence electrons. The standard InChI is InChI=1S/C17H23IN2O4/c1-10(2)9-24-17(23)20-8-13(21)7-15(20)16(22)19-12-4-5-14(18)11(3)6-12/h4-6,10,13,15,21H,7-9H2,1-3H3,(H,19,22)/t13-,15-/m1/s1. The molecule has 2 amide bonds. The number of rotatable bonds is 4. The molecular weight excluding hydrogens is 423 g/mol. The molecule has 1 heterocycles. The minimum Gasteiger partial charge on any atom is -0.449 e. The number of nitrogens with zero attached hydrogens (tertiary/aromatic N) is 1. The smallest absolute Gasteiger partial charge is 0.410 e. The zero-order valence-electron chi connectivity index (χ0n) is 14.1. The number of nitrogens with one attached hydrogen (secondary N) is 1. The number of amides is 2. The Bertz CT molecular complexity index is 621. The van der Waals surface area contributed by atoms with Gasteiger partial charge in [-0.1, -0.05) is 13.8 Å². The van der Waals surface area contributed by atoms with E-state index >= 15 is 0 Å². The average molecular weight is 446 g/mol. The molecule has 0 unspecified atom stereocenters. The van der Waals surface area contributed by atoms with E-state index in [-0.39, 0.29) is 31.4 Å². The molecule has 2 rings (SSSR count). The SMILES string of the molecule is Cc1cc(NC(=O)[C@H]2C[C@@H](O)CN2C(=O)OCC(C)C)ccc1I. The van der Waals surface area contributed by atoms with E-state index in [0.717, 1.165) is 9.13 Å². The van der Waals surface area contributed by atoms with Crippen LogP contribution in [0.3, 0.4) is 0 Å². The lowest BCUT2D eigenvalue weighted by Crippen LogP contribution is -2.43. The summed E-state index contributed by atoms with van der Waals surface area (Å²) in [5.41, 5.74) is 1.74. The molecule has 0 radical (unpaired) electrons. The van der Waals surface area contributed by atoms with Crippen LogP contribution in [0.2, 0.25) is 0 Å². The second-order valence-electron chi connectivity index (χ2n) is 6.48. The number of aliphatic hydroxyl groups excluding tert-OH is 1. The number of aliphatic hydroxyl groups is 1. The topological polar surface area (TPSA) is 78.9 Å². The van der Waals surface area contributed by atoms with Gasteiger partial charge in [0.05, 0.1) is 19.3 Å². The van der Waals surface area contributed by atoms with Crippen LogP contribution in [0.25, 0.3) is 0 Å². The number of hydrogen-bond acceptors (Lipinski definition) is 4. The number of β-amino-alcohol motifs (C(OH)–C–C–N with tert-alkyl or cyclic N) is 1. The van der Waals surface area contributed by atoms with Gasteiger partial charge in [0, 0.05) is 15.7 Å². The number of aryl methyl sites for hydroxylation is 1. The molecule has 1 fully saturated rings. The molecule has 1 aliphatic rings. The number of anilines is 1. The first kappa shape index (κ1) is 19.0. The molecule has 1 aliphatic heterocycles. The highest BCUT2D eigenvalue weighted by Crippen LogP contribution is 2.22. The molecule has 2 atom stereocenters. The number of benzene rings is 1. The molecule has 0 spiro atoms. The van der Waals surface area contributed by atoms with Crippen molar-refractivity contribution in [3.63, 3.8) is 0 Å². The second-order valence-corrected chi connectivity index (χ2v) is 7.64. The maximum Gasteiger partial charge on any atom is 0.410 e. The van der Waals surface area contributed by atoms with Crippen molar-refractivity contribution in [3.8, 4) is 0 Å². The highest BCUT2D eigenvalue weighted by atomic mass is 127. The molecule has 0 aliphatic carbocycles. The van der Waals surface area contributed by atoms with Crippen LogP contribution in [0.15, 0.2) is 18.2 Å². The first-order valence-corrected chi connectivity index (χ1v) is 9.04. The summed E-state index contributed by atoms with van der Waals surface area (Å²) in [5.74, 6) is -0.0998. The quantitative estimate of drug-likeness (QED) is 0.698. The van der Waals surface area contributed by atoms with Gasteiger partial charge in [0.25, 0.3) is 0 Å². The minimum absolute atomic E-state index is 0.112. The van der Waals surface area contributed by atoms with Crippen molar-refractivity contribution in [1.82, 2.24) is 4.90 Å². The third-order valence-electron chi connectivity index (χ3n) is 3.78. The van der Waals surface area contributed by atoms with Crippen LogP contribution in [-0.4, -0.2) is 47.3 Å². The van der Waals surface area contributed by atoms with Gasteiger partial charge in [-0.2, -0.15) is 0 Å². The van der Waals surface area contributed by atoms with E-state index < -0.39 is 18.2 Å². The fourth-order valence-electron chi connectivity index (χ4n) is 2.53. The molecule has 24 heavy (non-hydrogen) atoms. The summed E-state index contributed by atoms with van der Waals surface area (Å²) in [7, 11) is 0. The lowest BCUT2D eigenvalue weighted by Gasteiger charge is -2.23. The van der Waals surface area contributed by atoms with Gasteiger partial charge in [0.15, 0.2) is 0 Å². The Kier molecular flexibility index (Phi) is 6.45. The van der Waals surface area contributed by atoms with Crippen molar-refractivity contribution in [2.45, 2.75) is 39.3 Å². The second kappa shape index (κ2) is 8.15. The lowest BCUT2D eigenvalue weighted by atomic mass is 10.1. The van der Waals surface area contributed by atoms with Crippen molar-refractivity contribution in [1.29, 1.82) is 0 Å². The largest absolute Gasteiger partial charge is 0.449 e. The van der Waals surface area contributed by atoms with Crippen LogP contribution in [-0.2, 0) is 9.53 Å². The van der Waals surface area contributed by atoms with Gasteiger partial charge in [0.2, 0.25) is 5.91 Å². The zero-order valence-corrected chi connectivity index (χ0v) is 16.2. The molecular formula is C17H23IN2O4. The van der Waals surface area contributed by atoms with Gasteiger partial charge in [-0.15, -0.1) is 0 Å². The van der Waals surface area contributed by atoms with Crippen LogP contribution >= 0.6 is 22.6 Å². The van der Waals surface area contributed by atoms with Gasteiger partial charge in [0.1, 0.15) is 6.04 Å². The third kappa shape index (κ3) is 4.83. The molecule has 1 saturated heterocycles. The van der Waals surface area contributed by atoms with Gasteiger partial charge < -0.3 is 15.2 Å². The third-order valence-corrected chi connectivity index (χ3v) is 4.99. The lowest BCUT2D eigenvalue weighted by molar-refractivity contribution is -0.120. The Morgan fingerprint density at radius 1 is 1.46 bits per heavy atom. The number of hydrogen-bond donors (Lipinski definition) is 2. The van der Waals surface area contributed by atoms with Crippen molar-refractivity contribution in [2.24, 2.45) is 5.92 Å². The van der Waals surface area contributed by atoms with Gasteiger partial charge in [-0.05, 0) is 59.2 Å². The first-order chi connectivity index (χ1) is 11.3. The summed E-state index contributed by atoms with van der Waals surface area (Å²) < 4.78 is 6.31. The Morgan fingerprint density at radius 2 is 2.17 bits per heavy atom. The van der Waals surface area contributed by atoms with Crippen LogP contribution in [0.4, 0.5) is 10.5 Å². The van der Waals surface area contributed by atoms with Crippen molar-refractivity contribution < 1.29 is 19.4 Å². The van der Waals surface area contributed by atoms with E-state index in [4.69, 9.17) is 4.74 Å². The first-order valence-electron chi connectivity index (χ1n) is 7.96. The van der Waals surface area contributed by atoms with E-state index in [1.807, 2.05) is 39.0 Å². The van der Waals surface area contributed by atoms with Crippen LogP contribution in [0.5, 0.6) is 0 Å². The Balaban J connectivity index is 2.05. The summed E-state index contributed by atoms with van der Waals surface area (Å²) in [6, 6.07) is 4.90. The van der Waals surface area contributed by atoms with Gasteiger partial charge in [-0.25, -0.2) is 4.79 Å². The van der Waals surface area contributed by atoms with Crippen LogP contribution in [0, 0.1) is 16.4 Å². The maximum atomic E-state index is 12.5. The fourth-order valence-corrected chi connectivity index (χ4v) is 2.87. The van der Waals surface area contributed by atoms with E-state index in [2.05, 4.69) is 27.9 Å². The van der Waals surface area contributed by atoms with Crippen molar-refractivity contribution in [3.05, 3.63) is 27.3 Å². The summed E-state index contributed by atoms with van der Waals surface area (Å²) in [6.07, 6.45) is -1.06. The highest BCUT2D eigenvalue weighted by Gasteiger charge is 2.39. The number of halogens is 1. The minimum atomic E-state index is -0.723. The molecule has 0 aromatic heterocycles. The van der Waals surface area contributed by atoms with E-state index in [0.29, 0.717) is 5.69 Å². The molecule has 0 saturated carbocycles. The molecule has 6 nitrogen and oxygen atoms in total. The zero-order chi connectivity index (χ0) is 17.9. The van der Waals surface area contributed by atoms with Crippen LogP contribution < -0.4 is 5.32 Å². The summed E-state index contributed by atoms with van der Waals surface area (Å²) in [6.45, 7) is 6.24. The van der Waals surface area contributed by atoms with Gasteiger partial charge in [-0.3, -0.25) is 9.69 Å². The predicted molar refractivity (Wildman–Crippen MR) is 99.8 cm³/mol. The Labute approximate surface area is 155 Å². The normalized spacial score (nSPS) is 20.3. The summed E-state index contributed by atoms with van der Waals surface area (Å²) >= 11 is 2.23. The van der Waals surface area contributed by atoms with Crippen molar-refractivity contribution >= 4 is 40.3 Å². The van der Waals surface area contributed by atoms with Gasteiger partial charge >= 0.3 is 6.09 Å². The van der Waals surface area contributed by atoms with Crippen molar-refractivity contribution in [2.75, 3.05) is 18.5 Å². The average Bonchev–Trinajstić information content (AvgIpc) is 2.90. The molecule has 1 aromatic rings. The highest BCUT2D eigenvalue weighted by molar-refractivity contribution is 14.1. The van der Waals surface area contributed by atoms with Crippen LogP contribution in [0.1, 0.15) is 25.8 Å². The number of ether oxygens (including phenoxy) is 1. The Morgan fingerprint density at radius 3 is 2.79 bits per heavy atom. The summed E-state index contributed by atoms with van der Waals surface area (Å²) in [4.78, 5) is 26.0. The van der Waals surface area contributed by atoms with E-state index in [1.54, 1.807) is 0 Å². The Hall–Kier alpha value is -1.35. The maximum absolute atomic E-state index is 12.5. The molecule has 7 heteroatoms. The predicted octanol–water partition coefficient (Wildman–Crippen LogP) is 2.77. The number of carbonyl (C=O) groups is 2. The van der Waals surface area contributed by atoms with E-state index in [9.17, 15) is 14.7 Å². The number of likely N-dealkylation sites (tertiary alicyclic amines) is 1. The fraction of sp³-hybridized carbons (Fsp3) is 0.529. The molecule has 0 bridgehead atoms. The monoisotopic (exact) mass is 446 g/mol. The number of carbonyl (C=O) groups excluding carboxylic acids is 2. The molecule has 2 N–H and O–H groups in total. The van der Waals surface area contributed by atoms with E-state index in [1.165, 1.54) is 4.90 Å². The molecule has 1 aromatic carbocycles.